The summed E-state index contributed by atoms with van der Waals surface area (Å²) in [5, 5.41) is 6.91. The molecule has 0 saturated carbocycles. The van der Waals surface area contributed by atoms with Crippen LogP contribution in [-0.2, 0) is 0 Å². The Balaban J connectivity index is 1.77. The van der Waals surface area contributed by atoms with E-state index in [-0.39, 0.29) is 10.9 Å². The number of anilines is 1. The minimum absolute atomic E-state index is 0.154. The molecule has 0 aliphatic heterocycles. The highest BCUT2D eigenvalue weighted by atomic mass is 35.5. The molecule has 0 saturated heterocycles. The van der Waals surface area contributed by atoms with Gasteiger partial charge in [-0.3, -0.25) is 4.79 Å². The second kappa shape index (κ2) is 5.99. The van der Waals surface area contributed by atoms with Crippen molar-refractivity contribution in [3.05, 3.63) is 77.3 Å². The number of nitrogens with one attached hydrogen (secondary N) is 1. The van der Waals surface area contributed by atoms with Crippen LogP contribution < -0.4 is 5.32 Å². The molecule has 110 valence electrons. The number of nitrogens with zero attached hydrogens (tertiary/aromatic N) is 2. The van der Waals surface area contributed by atoms with Crippen LogP contribution in [0.25, 0.3) is 5.69 Å². The van der Waals surface area contributed by atoms with Crippen LogP contribution in [0.3, 0.4) is 0 Å². The van der Waals surface area contributed by atoms with E-state index in [0.29, 0.717) is 11.3 Å². The van der Waals surface area contributed by atoms with Crippen molar-refractivity contribution in [1.82, 2.24) is 9.78 Å². The highest BCUT2D eigenvalue weighted by Crippen LogP contribution is 2.23. The van der Waals surface area contributed by atoms with Crippen LogP contribution in [0.2, 0.25) is 5.02 Å². The minimum Gasteiger partial charge on any atom is -0.321 e. The largest absolute Gasteiger partial charge is 0.321 e. The Bertz CT molecular complexity index is 801. The van der Waals surface area contributed by atoms with Crippen LogP contribution in [0.4, 0.5) is 10.1 Å². The Hall–Kier alpha value is -2.66. The van der Waals surface area contributed by atoms with Crippen LogP contribution >= 0.6 is 11.6 Å². The van der Waals surface area contributed by atoms with E-state index >= 15 is 0 Å². The number of aromatic nitrogens is 2. The molecule has 3 rings (SSSR count). The van der Waals surface area contributed by atoms with Crippen molar-refractivity contribution in [2.24, 2.45) is 0 Å². The Morgan fingerprint density at radius 2 is 1.95 bits per heavy atom. The lowest BCUT2D eigenvalue weighted by atomic mass is 10.2. The number of rotatable bonds is 3. The van der Waals surface area contributed by atoms with Crippen LogP contribution in [-0.4, -0.2) is 15.7 Å². The molecule has 22 heavy (non-hydrogen) atoms. The Kier molecular flexibility index (Phi) is 3.89. The molecule has 1 N–H and O–H groups in total. The third kappa shape index (κ3) is 2.99. The second-order valence-electron chi connectivity index (χ2n) is 4.58. The van der Waals surface area contributed by atoms with Gasteiger partial charge >= 0.3 is 0 Å². The predicted molar refractivity (Wildman–Crippen MR) is 82.9 cm³/mol. The zero-order valence-corrected chi connectivity index (χ0v) is 12.1. The Labute approximate surface area is 131 Å². The molecular formula is C16H11ClFN3O. The fraction of sp³-hybridized carbons (Fsp3) is 0. The molecule has 0 unspecified atom stereocenters. The van der Waals surface area contributed by atoms with Gasteiger partial charge in [-0.2, -0.15) is 5.10 Å². The fourth-order valence-corrected chi connectivity index (χ4v) is 2.19. The molecule has 0 radical (unpaired) electrons. The minimum atomic E-state index is -0.452. The molecular weight excluding hydrogens is 305 g/mol. The average Bonchev–Trinajstić information content (AvgIpc) is 3.04. The lowest BCUT2D eigenvalue weighted by molar-refractivity contribution is 0.102. The standard InChI is InChI=1S/C16H11ClFN3O/c17-14-10-12(18)4-7-15(14)20-16(22)11-2-5-13(6-3-11)21-9-1-8-19-21/h1-10H,(H,20,22). The zero-order valence-electron chi connectivity index (χ0n) is 11.3. The van der Waals surface area contributed by atoms with Crippen LogP contribution in [0, 0.1) is 5.82 Å². The van der Waals surface area contributed by atoms with Gasteiger partial charge in [0.15, 0.2) is 0 Å². The summed E-state index contributed by atoms with van der Waals surface area (Å²) in [4.78, 5) is 12.2. The van der Waals surface area contributed by atoms with Crippen LogP contribution in [0.1, 0.15) is 10.4 Å². The summed E-state index contributed by atoms with van der Waals surface area (Å²) in [6.45, 7) is 0. The van der Waals surface area contributed by atoms with Gasteiger partial charge in [-0.15, -0.1) is 0 Å². The number of benzene rings is 2. The first-order valence-corrected chi connectivity index (χ1v) is 6.88. The van der Waals surface area contributed by atoms with E-state index in [1.54, 1.807) is 35.1 Å². The maximum atomic E-state index is 13.0. The third-order valence-electron chi connectivity index (χ3n) is 3.08. The fourth-order valence-electron chi connectivity index (χ4n) is 1.97. The van der Waals surface area contributed by atoms with Crippen molar-refractivity contribution in [1.29, 1.82) is 0 Å². The topological polar surface area (TPSA) is 46.9 Å². The van der Waals surface area contributed by atoms with Gasteiger partial charge in [0.25, 0.3) is 5.91 Å². The monoisotopic (exact) mass is 315 g/mol. The van der Waals surface area contributed by atoms with Crippen molar-refractivity contribution < 1.29 is 9.18 Å². The summed E-state index contributed by atoms with van der Waals surface area (Å²) in [5.41, 5.74) is 1.68. The quantitative estimate of drug-likeness (QED) is 0.796. The van der Waals surface area contributed by atoms with Crippen LogP contribution in [0.15, 0.2) is 60.9 Å². The van der Waals surface area contributed by atoms with Gasteiger partial charge in [0.1, 0.15) is 5.82 Å². The molecule has 3 aromatic rings. The molecule has 0 aliphatic rings. The van der Waals surface area contributed by atoms with Crippen molar-refractivity contribution in [2.75, 3.05) is 5.32 Å². The van der Waals surface area contributed by atoms with E-state index in [9.17, 15) is 9.18 Å². The predicted octanol–water partition coefficient (Wildman–Crippen LogP) is 3.92. The van der Waals surface area contributed by atoms with E-state index < -0.39 is 5.82 Å². The third-order valence-corrected chi connectivity index (χ3v) is 3.39. The number of hydrogen-bond acceptors (Lipinski definition) is 2. The maximum absolute atomic E-state index is 13.0. The number of carbonyl (C=O) groups is 1. The summed E-state index contributed by atoms with van der Waals surface area (Å²) in [6, 6.07) is 12.6. The van der Waals surface area contributed by atoms with Gasteiger partial charge < -0.3 is 5.32 Å². The lowest BCUT2D eigenvalue weighted by Gasteiger charge is -2.08. The van der Waals surface area contributed by atoms with Gasteiger partial charge in [-0.05, 0) is 48.5 Å². The van der Waals surface area contributed by atoms with Gasteiger partial charge in [-0.25, -0.2) is 9.07 Å². The van der Waals surface area contributed by atoms with Crippen molar-refractivity contribution in [2.45, 2.75) is 0 Å². The summed E-state index contributed by atoms with van der Waals surface area (Å²) in [6.07, 6.45) is 3.49. The van der Waals surface area contributed by atoms with E-state index in [0.717, 1.165) is 11.8 Å². The van der Waals surface area contributed by atoms with Gasteiger partial charge in [0.2, 0.25) is 0 Å². The molecule has 6 heteroatoms. The average molecular weight is 316 g/mol. The van der Waals surface area contributed by atoms with Gasteiger partial charge in [0, 0.05) is 18.0 Å². The van der Waals surface area contributed by atoms with Gasteiger partial charge in [-0.1, -0.05) is 11.6 Å². The first-order chi connectivity index (χ1) is 10.6. The highest BCUT2D eigenvalue weighted by Gasteiger charge is 2.09. The Morgan fingerprint density at radius 1 is 1.18 bits per heavy atom. The van der Waals surface area contributed by atoms with Crippen LogP contribution in [0.5, 0.6) is 0 Å². The molecule has 0 atom stereocenters. The van der Waals surface area contributed by atoms with E-state index in [1.807, 2.05) is 12.3 Å². The first kappa shape index (κ1) is 14.3. The number of carbonyl (C=O) groups excluding carboxylic acids is 1. The van der Waals surface area contributed by atoms with E-state index in [2.05, 4.69) is 10.4 Å². The van der Waals surface area contributed by atoms with Crippen molar-refractivity contribution in [3.63, 3.8) is 0 Å². The summed E-state index contributed by atoms with van der Waals surface area (Å²) >= 11 is 5.89. The summed E-state index contributed by atoms with van der Waals surface area (Å²) in [5.74, 6) is -0.771. The summed E-state index contributed by atoms with van der Waals surface area (Å²) in [7, 11) is 0. The zero-order chi connectivity index (χ0) is 15.5. The number of halogens is 2. The first-order valence-electron chi connectivity index (χ1n) is 6.50. The lowest BCUT2D eigenvalue weighted by Crippen LogP contribution is -2.12. The SMILES string of the molecule is O=C(Nc1ccc(F)cc1Cl)c1ccc(-n2cccn2)cc1. The smallest absolute Gasteiger partial charge is 0.255 e. The molecule has 0 fully saturated rings. The van der Waals surface area contributed by atoms with Gasteiger partial charge in [0.05, 0.1) is 16.4 Å². The maximum Gasteiger partial charge on any atom is 0.255 e. The molecule has 0 bridgehead atoms. The number of hydrogen-bond donors (Lipinski definition) is 1. The summed E-state index contributed by atoms with van der Waals surface area (Å²) < 4.78 is 14.7. The number of amides is 1. The highest BCUT2D eigenvalue weighted by molar-refractivity contribution is 6.33. The molecule has 2 aromatic carbocycles. The molecule has 4 nitrogen and oxygen atoms in total. The van der Waals surface area contributed by atoms with Crippen molar-refractivity contribution in [3.8, 4) is 5.69 Å². The Morgan fingerprint density at radius 3 is 2.59 bits per heavy atom. The molecule has 1 amide bonds. The normalized spacial score (nSPS) is 10.5. The van der Waals surface area contributed by atoms with E-state index in [1.165, 1.54) is 12.1 Å². The molecule has 1 heterocycles. The van der Waals surface area contributed by atoms with E-state index in [4.69, 9.17) is 11.6 Å². The molecule has 0 spiro atoms. The molecule has 0 aliphatic carbocycles. The molecule has 1 aromatic heterocycles. The second-order valence-corrected chi connectivity index (χ2v) is 4.98. The van der Waals surface area contributed by atoms with Crippen molar-refractivity contribution >= 4 is 23.2 Å².